The average molecular weight is 407 g/mol. The van der Waals surface area contributed by atoms with Gasteiger partial charge in [0.15, 0.2) is 0 Å². The molecule has 0 saturated carbocycles. The zero-order valence-corrected chi connectivity index (χ0v) is 17.3. The van der Waals surface area contributed by atoms with Crippen molar-refractivity contribution in [3.05, 3.63) is 90.1 Å². The SMILES string of the molecule is Cc1cc(OC(C)c2ccc(-c3ccccc3-c3nn[nH]n3)cc2)c2ccccc2n1. The van der Waals surface area contributed by atoms with E-state index < -0.39 is 0 Å². The number of hydrogen-bond acceptors (Lipinski definition) is 5. The van der Waals surface area contributed by atoms with E-state index in [1.165, 1.54) is 0 Å². The molecule has 0 saturated heterocycles. The molecule has 5 rings (SSSR count). The third-order valence-electron chi connectivity index (χ3n) is 5.31. The molecule has 6 heteroatoms. The van der Waals surface area contributed by atoms with Crippen molar-refractivity contribution in [1.29, 1.82) is 0 Å². The van der Waals surface area contributed by atoms with Gasteiger partial charge < -0.3 is 4.74 Å². The highest BCUT2D eigenvalue weighted by Crippen LogP contribution is 2.32. The van der Waals surface area contributed by atoms with E-state index in [1.807, 2.05) is 55.5 Å². The quantitative estimate of drug-likeness (QED) is 0.414. The summed E-state index contributed by atoms with van der Waals surface area (Å²) < 4.78 is 6.35. The molecule has 2 aromatic heterocycles. The van der Waals surface area contributed by atoms with Gasteiger partial charge in [0.1, 0.15) is 11.9 Å². The lowest BCUT2D eigenvalue weighted by Gasteiger charge is -2.18. The number of aryl methyl sites for hydroxylation is 1. The summed E-state index contributed by atoms with van der Waals surface area (Å²) in [4.78, 5) is 4.59. The highest BCUT2D eigenvalue weighted by Gasteiger charge is 2.14. The topological polar surface area (TPSA) is 76.6 Å². The first kappa shape index (κ1) is 18.9. The molecule has 0 spiro atoms. The van der Waals surface area contributed by atoms with Crippen molar-refractivity contribution < 1.29 is 4.74 Å². The van der Waals surface area contributed by atoms with Crippen LogP contribution >= 0.6 is 0 Å². The number of hydrogen-bond donors (Lipinski definition) is 1. The number of ether oxygens (including phenoxy) is 1. The minimum absolute atomic E-state index is 0.105. The first-order valence-corrected chi connectivity index (χ1v) is 10.2. The number of nitrogens with one attached hydrogen (secondary N) is 1. The van der Waals surface area contributed by atoms with Crippen LogP contribution in [-0.4, -0.2) is 25.6 Å². The van der Waals surface area contributed by atoms with E-state index in [2.05, 4.69) is 62.9 Å². The molecule has 0 amide bonds. The van der Waals surface area contributed by atoms with Crippen LogP contribution in [0, 0.1) is 6.92 Å². The molecule has 0 radical (unpaired) electrons. The van der Waals surface area contributed by atoms with Gasteiger partial charge in [-0.3, -0.25) is 4.98 Å². The van der Waals surface area contributed by atoms with Gasteiger partial charge in [0.25, 0.3) is 0 Å². The molecule has 152 valence electrons. The Morgan fingerprint density at radius 3 is 2.39 bits per heavy atom. The summed E-state index contributed by atoms with van der Waals surface area (Å²) in [7, 11) is 0. The van der Waals surface area contributed by atoms with Gasteiger partial charge in [-0.05, 0) is 47.9 Å². The van der Waals surface area contributed by atoms with Crippen molar-refractivity contribution in [3.8, 4) is 28.3 Å². The van der Waals surface area contributed by atoms with E-state index in [4.69, 9.17) is 4.74 Å². The number of nitrogens with zero attached hydrogens (tertiary/aromatic N) is 4. The lowest BCUT2D eigenvalue weighted by Crippen LogP contribution is -2.04. The summed E-state index contributed by atoms with van der Waals surface area (Å²) in [5.41, 5.74) is 6.06. The normalized spacial score (nSPS) is 12.1. The van der Waals surface area contributed by atoms with Crippen LogP contribution in [0.3, 0.4) is 0 Å². The molecule has 0 fully saturated rings. The number of H-pyrrole nitrogens is 1. The van der Waals surface area contributed by atoms with E-state index >= 15 is 0 Å². The van der Waals surface area contributed by atoms with Gasteiger partial charge in [-0.2, -0.15) is 5.21 Å². The van der Waals surface area contributed by atoms with Crippen molar-refractivity contribution in [2.75, 3.05) is 0 Å². The predicted octanol–water partition coefficient (Wildman–Crippen LogP) is 5.53. The maximum atomic E-state index is 6.35. The lowest BCUT2D eigenvalue weighted by atomic mass is 9.97. The van der Waals surface area contributed by atoms with Crippen LogP contribution in [0.4, 0.5) is 0 Å². The van der Waals surface area contributed by atoms with Gasteiger partial charge in [0.2, 0.25) is 5.82 Å². The molecule has 0 aliphatic carbocycles. The van der Waals surface area contributed by atoms with Gasteiger partial charge in [-0.25, -0.2) is 0 Å². The fraction of sp³-hybridized carbons (Fsp3) is 0.120. The summed E-state index contributed by atoms with van der Waals surface area (Å²) in [5.74, 6) is 1.43. The third kappa shape index (κ3) is 3.75. The third-order valence-corrected chi connectivity index (χ3v) is 5.31. The van der Waals surface area contributed by atoms with Crippen LogP contribution in [-0.2, 0) is 0 Å². The second-order valence-corrected chi connectivity index (χ2v) is 7.44. The molecule has 3 aromatic carbocycles. The Balaban J connectivity index is 1.43. The second kappa shape index (κ2) is 7.99. The zero-order chi connectivity index (χ0) is 21.2. The van der Waals surface area contributed by atoms with Crippen molar-refractivity contribution in [1.82, 2.24) is 25.6 Å². The van der Waals surface area contributed by atoms with E-state index in [0.717, 1.165) is 44.6 Å². The van der Waals surface area contributed by atoms with Gasteiger partial charge in [-0.1, -0.05) is 60.7 Å². The van der Waals surface area contributed by atoms with Crippen LogP contribution < -0.4 is 4.74 Å². The van der Waals surface area contributed by atoms with E-state index in [0.29, 0.717) is 5.82 Å². The number of fused-ring (bicyclic) bond motifs is 1. The maximum absolute atomic E-state index is 6.35. The van der Waals surface area contributed by atoms with E-state index in [9.17, 15) is 0 Å². The second-order valence-electron chi connectivity index (χ2n) is 7.44. The number of aromatic amines is 1. The molecule has 1 unspecified atom stereocenters. The van der Waals surface area contributed by atoms with Crippen LogP contribution in [0.25, 0.3) is 33.4 Å². The van der Waals surface area contributed by atoms with Gasteiger partial charge >= 0.3 is 0 Å². The number of aromatic nitrogens is 5. The van der Waals surface area contributed by atoms with Crippen LogP contribution in [0.2, 0.25) is 0 Å². The van der Waals surface area contributed by atoms with Crippen LogP contribution in [0.5, 0.6) is 5.75 Å². The predicted molar refractivity (Wildman–Crippen MR) is 121 cm³/mol. The molecule has 1 N–H and O–H groups in total. The summed E-state index contributed by atoms with van der Waals surface area (Å²) in [6, 6.07) is 26.5. The molecular weight excluding hydrogens is 386 g/mol. The Morgan fingerprint density at radius 1 is 0.871 bits per heavy atom. The zero-order valence-electron chi connectivity index (χ0n) is 17.3. The minimum Gasteiger partial charge on any atom is -0.485 e. The van der Waals surface area contributed by atoms with E-state index in [-0.39, 0.29) is 6.10 Å². The number of pyridine rings is 1. The van der Waals surface area contributed by atoms with Crippen molar-refractivity contribution in [2.45, 2.75) is 20.0 Å². The van der Waals surface area contributed by atoms with Crippen molar-refractivity contribution in [3.63, 3.8) is 0 Å². The largest absolute Gasteiger partial charge is 0.485 e. The van der Waals surface area contributed by atoms with Crippen molar-refractivity contribution in [2.24, 2.45) is 0 Å². The van der Waals surface area contributed by atoms with Crippen LogP contribution in [0.1, 0.15) is 24.3 Å². The van der Waals surface area contributed by atoms with Gasteiger partial charge in [0, 0.05) is 22.7 Å². The highest BCUT2D eigenvalue weighted by atomic mass is 16.5. The summed E-state index contributed by atoms with van der Waals surface area (Å²) in [6.07, 6.45) is -0.105. The Bertz CT molecular complexity index is 1330. The standard InChI is InChI=1S/C25H21N5O/c1-16-15-24(22-9-5-6-10-23(22)26-16)31-17(2)18-11-13-19(14-12-18)20-7-3-4-8-21(20)25-27-29-30-28-25/h3-15,17H,1-2H3,(H,27,28,29,30). The molecular formula is C25H21N5O. The molecule has 0 aliphatic rings. The average Bonchev–Trinajstić information content (AvgIpc) is 3.34. The molecule has 0 bridgehead atoms. The summed E-state index contributed by atoms with van der Waals surface area (Å²) >= 11 is 0. The summed E-state index contributed by atoms with van der Waals surface area (Å²) in [6.45, 7) is 4.05. The molecule has 1 atom stereocenters. The lowest BCUT2D eigenvalue weighted by molar-refractivity contribution is 0.229. The Kier molecular flexibility index (Phi) is 4.88. The Hall–Kier alpha value is -4.06. The number of rotatable bonds is 5. The molecule has 0 aliphatic heterocycles. The van der Waals surface area contributed by atoms with Gasteiger partial charge in [-0.15, -0.1) is 10.2 Å². The highest BCUT2D eigenvalue weighted by molar-refractivity contribution is 5.85. The minimum atomic E-state index is -0.105. The number of para-hydroxylation sites is 1. The van der Waals surface area contributed by atoms with Crippen LogP contribution in [0.15, 0.2) is 78.9 Å². The molecule has 2 heterocycles. The molecule has 31 heavy (non-hydrogen) atoms. The summed E-state index contributed by atoms with van der Waals surface area (Å²) in [5, 5.41) is 15.5. The molecule has 5 aromatic rings. The fourth-order valence-electron chi connectivity index (χ4n) is 3.76. The number of benzene rings is 3. The monoisotopic (exact) mass is 407 g/mol. The first-order valence-electron chi connectivity index (χ1n) is 10.2. The van der Waals surface area contributed by atoms with E-state index in [1.54, 1.807) is 0 Å². The Labute approximate surface area is 179 Å². The fourth-order valence-corrected chi connectivity index (χ4v) is 3.76. The number of tetrazole rings is 1. The Morgan fingerprint density at radius 2 is 1.61 bits per heavy atom. The molecule has 6 nitrogen and oxygen atoms in total. The first-order chi connectivity index (χ1) is 15.2. The van der Waals surface area contributed by atoms with Gasteiger partial charge in [0.05, 0.1) is 5.52 Å². The van der Waals surface area contributed by atoms with Crippen molar-refractivity contribution >= 4 is 10.9 Å². The maximum Gasteiger partial charge on any atom is 0.205 e. The smallest absolute Gasteiger partial charge is 0.205 e.